The summed E-state index contributed by atoms with van der Waals surface area (Å²) in [6.07, 6.45) is 1.70. The number of aliphatic imine (C=N–C) groups is 1. The van der Waals surface area contributed by atoms with E-state index >= 15 is 0 Å². The summed E-state index contributed by atoms with van der Waals surface area (Å²) in [5.74, 6) is 1.25. The summed E-state index contributed by atoms with van der Waals surface area (Å²) >= 11 is 1.19. The molecule has 1 aromatic heterocycles. The smallest absolute Gasteiger partial charge is 0.344 e. The van der Waals surface area contributed by atoms with E-state index in [0.717, 1.165) is 24.7 Å². The fourth-order valence-corrected chi connectivity index (χ4v) is 4.41. The van der Waals surface area contributed by atoms with Gasteiger partial charge in [0.15, 0.2) is 5.88 Å². The molecule has 2 aromatic rings. The second kappa shape index (κ2) is 10.6. The van der Waals surface area contributed by atoms with Crippen molar-refractivity contribution in [3.8, 4) is 5.75 Å². The lowest BCUT2D eigenvalue weighted by Crippen LogP contribution is -2.35. The molecule has 1 fully saturated rings. The number of nitrogens with zero attached hydrogens (tertiary/aromatic N) is 2. The maximum absolute atomic E-state index is 12.6. The first kappa shape index (κ1) is 23.0. The van der Waals surface area contributed by atoms with Crippen LogP contribution in [0.3, 0.4) is 0 Å². The van der Waals surface area contributed by atoms with E-state index in [1.165, 1.54) is 11.8 Å². The van der Waals surface area contributed by atoms with Crippen molar-refractivity contribution in [2.45, 2.75) is 13.8 Å². The average Bonchev–Trinajstić information content (AvgIpc) is 3.41. The maximum Gasteiger partial charge on any atom is 0.344 e. The molecule has 33 heavy (non-hydrogen) atoms. The first-order valence-corrected chi connectivity index (χ1v) is 11.7. The molecular formula is C24H26N2O6S. The third kappa shape index (κ3) is 5.43. The predicted molar refractivity (Wildman–Crippen MR) is 128 cm³/mol. The Morgan fingerprint density at radius 2 is 1.91 bits per heavy atom. The van der Waals surface area contributed by atoms with E-state index in [-0.39, 0.29) is 17.9 Å². The van der Waals surface area contributed by atoms with Crippen LogP contribution in [-0.4, -0.2) is 55.6 Å². The largest absolute Gasteiger partial charge is 0.506 e. The molecule has 2 aliphatic heterocycles. The van der Waals surface area contributed by atoms with Gasteiger partial charge in [0.05, 0.1) is 37.0 Å². The molecule has 4 rings (SSSR count). The number of carbonyl (C=O) groups excluding carboxylic acids is 1. The summed E-state index contributed by atoms with van der Waals surface area (Å²) < 4.78 is 21.9. The van der Waals surface area contributed by atoms with Crippen LogP contribution in [0.2, 0.25) is 0 Å². The topological polar surface area (TPSA) is 93.7 Å². The molecule has 0 saturated carbocycles. The Hall–Kier alpha value is -3.17. The van der Waals surface area contributed by atoms with Crippen LogP contribution in [0.4, 0.5) is 11.6 Å². The van der Waals surface area contributed by atoms with Crippen LogP contribution in [0.25, 0.3) is 6.08 Å². The Balaban J connectivity index is 1.61. The summed E-state index contributed by atoms with van der Waals surface area (Å²) in [5, 5.41) is 11.2. The van der Waals surface area contributed by atoms with Gasteiger partial charge in [-0.2, -0.15) is 0 Å². The molecule has 0 radical (unpaired) electrons. The van der Waals surface area contributed by atoms with Crippen molar-refractivity contribution >= 4 is 40.4 Å². The molecular weight excluding hydrogens is 444 g/mol. The van der Waals surface area contributed by atoms with Crippen molar-refractivity contribution in [2.75, 3.05) is 44.4 Å². The van der Waals surface area contributed by atoms with Gasteiger partial charge in [-0.1, -0.05) is 11.8 Å². The maximum atomic E-state index is 12.6. The van der Waals surface area contributed by atoms with E-state index in [2.05, 4.69) is 9.89 Å². The highest BCUT2D eigenvalue weighted by Gasteiger charge is 2.33. The number of furan rings is 1. The average molecular weight is 471 g/mol. The van der Waals surface area contributed by atoms with Crippen molar-refractivity contribution in [1.82, 2.24) is 0 Å². The zero-order valence-corrected chi connectivity index (χ0v) is 19.4. The number of rotatable bonds is 7. The van der Waals surface area contributed by atoms with Gasteiger partial charge in [-0.05, 0) is 50.3 Å². The van der Waals surface area contributed by atoms with Crippen LogP contribution in [0.5, 0.6) is 5.75 Å². The summed E-state index contributed by atoms with van der Waals surface area (Å²) in [6.45, 7) is 7.23. The fourth-order valence-electron chi connectivity index (χ4n) is 3.40. The lowest BCUT2D eigenvalue weighted by atomic mass is 10.2. The lowest BCUT2D eigenvalue weighted by molar-refractivity contribution is -0.138. The van der Waals surface area contributed by atoms with Gasteiger partial charge in [0.25, 0.3) is 0 Å². The van der Waals surface area contributed by atoms with Crippen LogP contribution in [0, 0.1) is 0 Å². The van der Waals surface area contributed by atoms with Gasteiger partial charge in [-0.3, -0.25) is 0 Å². The van der Waals surface area contributed by atoms with Gasteiger partial charge >= 0.3 is 5.97 Å². The molecule has 1 N–H and O–H groups in total. The molecule has 1 aromatic carbocycles. The summed E-state index contributed by atoms with van der Waals surface area (Å²) in [7, 11) is 0. The van der Waals surface area contributed by atoms with Crippen LogP contribution in [0.15, 0.2) is 62.0 Å². The zero-order valence-electron chi connectivity index (χ0n) is 18.6. The number of aliphatic hydroxyl groups excluding tert-OH is 1. The second-order valence-corrected chi connectivity index (χ2v) is 8.20. The molecule has 0 amide bonds. The van der Waals surface area contributed by atoms with Crippen molar-refractivity contribution in [3.05, 3.63) is 58.4 Å². The summed E-state index contributed by atoms with van der Waals surface area (Å²) in [6, 6.07) is 10.9. The number of aliphatic hydroxyl groups is 1. The van der Waals surface area contributed by atoms with Gasteiger partial charge in [0, 0.05) is 19.2 Å². The van der Waals surface area contributed by atoms with Crippen LogP contribution >= 0.6 is 11.8 Å². The molecule has 8 nitrogen and oxygen atoms in total. The Labute approximate surface area is 196 Å². The van der Waals surface area contributed by atoms with Crippen molar-refractivity contribution < 1.29 is 28.5 Å². The number of esters is 1. The lowest BCUT2D eigenvalue weighted by Gasteiger charge is -2.26. The van der Waals surface area contributed by atoms with Gasteiger partial charge in [-0.25, -0.2) is 9.79 Å². The summed E-state index contributed by atoms with van der Waals surface area (Å²) in [5.41, 5.74) is 0.673. The molecule has 0 atom stereocenters. The highest BCUT2D eigenvalue weighted by atomic mass is 32.2. The molecule has 0 spiro atoms. The number of benzene rings is 1. The number of ether oxygens (including phenoxy) is 3. The van der Waals surface area contributed by atoms with Gasteiger partial charge in [0.1, 0.15) is 27.9 Å². The van der Waals surface area contributed by atoms with Crippen LogP contribution in [0.1, 0.15) is 19.6 Å². The normalized spacial score (nSPS) is 18.9. The fraction of sp³-hybridized carbons (Fsp3) is 0.333. The van der Waals surface area contributed by atoms with E-state index in [9.17, 15) is 9.90 Å². The minimum atomic E-state index is -0.621. The number of hydrogen-bond donors (Lipinski definition) is 1. The van der Waals surface area contributed by atoms with Gasteiger partial charge < -0.3 is 28.6 Å². The number of hydrogen-bond acceptors (Lipinski definition) is 9. The third-order valence-corrected chi connectivity index (χ3v) is 5.98. The zero-order chi connectivity index (χ0) is 23.2. The molecule has 2 aliphatic rings. The van der Waals surface area contributed by atoms with Crippen LogP contribution < -0.4 is 9.64 Å². The number of anilines is 1. The highest BCUT2D eigenvalue weighted by Crippen LogP contribution is 2.40. The molecule has 3 heterocycles. The molecule has 0 bridgehead atoms. The Bertz CT molecular complexity index is 1080. The molecule has 9 heteroatoms. The summed E-state index contributed by atoms with van der Waals surface area (Å²) in [4.78, 5) is 19.7. The van der Waals surface area contributed by atoms with E-state index in [1.54, 1.807) is 25.1 Å². The minimum absolute atomic E-state index is 0.0435. The van der Waals surface area contributed by atoms with Gasteiger partial charge in [-0.15, -0.1) is 0 Å². The third-order valence-electron chi connectivity index (χ3n) is 4.96. The van der Waals surface area contributed by atoms with Crippen molar-refractivity contribution in [2.24, 2.45) is 4.99 Å². The number of morpholine rings is 1. The Morgan fingerprint density at radius 3 is 2.61 bits per heavy atom. The molecule has 174 valence electrons. The first-order valence-electron chi connectivity index (χ1n) is 10.8. The second-order valence-electron chi connectivity index (χ2n) is 7.17. The minimum Gasteiger partial charge on any atom is -0.506 e. The van der Waals surface area contributed by atoms with E-state index < -0.39 is 5.97 Å². The predicted octanol–water partition coefficient (Wildman–Crippen LogP) is 4.71. The van der Waals surface area contributed by atoms with E-state index in [4.69, 9.17) is 18.6 Å². The quantitative estimate of drug-likeness (QED) is 0.582. The standard InChI is InChI=1S/C24H26N2O6S/c1-3-30-17-7-5-16(6-8-17)25-23-21(24(28)31-4-2)22(27)19(33-23)15-18-9-10-20(32-18)26-11-13-29-14-12-26/h5-10,15,27H,3-4,11-14H2,1-2H3. The molecule has 0 aliphatic carbocycles. The van der Waals surface area contributed by atoms with Crippen molar-refractivity contribution in [3.63, 3.8) is 0 Å². The molecule has 0 unspecified atom stereocenters. The van der Waals surface area contributed by atoms with Crippen LogP contribution in [-0.2, 0) is 14.3 Å². The highest BCUT2D eigenvalue weighted by molar-refractivity contribution is 8.18. The first-order chi connectivity index (χ1) is 16.1. The monoisotopic (exact) mass is 470 g/mol. The van der Waals surface area contributed by atoms with Gasteiger partial charge in [0.2, 0.25) is 0 Å². The Morgan fingerprint density at radius 1 is 1.15 bits per heavy atom. The molecule has 1 saturated heterocycles. The number of carbonyl (C=O) groups is 1. The number of thioether (sulfide) groups is 1. The van der Waals surface area contributed by atoms with Crippen molar-refractivity contribution in [1.29, 1.82) is 0 Å². The Kier molecular flexibility index (Phi) is 7.41. The van der Waals surface area contributed by atoms with E-state index in [0.29, 0.717) is 41.2 Å². The SMILES string of the molecule is CCOC(=O)C1=C(O)C(=Cc2ccc(N3CCOCC3)o2)SC1=Nc1ccc(OCC)cc1. The van der Waals surface area contributed by atoms with E-state index in [1.807, 2.05) is 31.2 Å².